The molecule has 3 aliphatic rings. The molecule has 1 saturated carbocycles. The maximum atomic E-state index is 12.1. The summed E-state index contributed by atoms with van der Waals surface area (Å²) in [5, 5.41) is 13.2. The molecule has 3 rings (SSSR count). The molecule has 1 amide bonds. The number of aliphatic hydroxyl groups is 1. The largest absolute Gasteiger partial charge is 0.393 e. The summed E-state index contributed by atoms with van der Waals surface area (Å²) in [4.78, 5) is 14.1. The van der Waals surface area contributed by atoms with Crippen LogP contribution < -0.4 is 5.32 Å². The molecule has 2 aliphatic heterocycles. The molecule has 96 valence electrons. The third-order valence-electron chi connectivity index (χ3n) is 4.47. The van der Waals surface area contributed by atoms with Crippen molar-refractivity contribution in [1.29, 1.82) is 0 Å². The van der Waals surface area contributed by atoms with E-state index in [2.05, 4.69) is 5.32 Å². The van der Waals surface area contributed by atoms with Crippen LogP contribution >= 0.6 is 0 Å². The Morgan fingerprint density at radius 3 is 2.65 bits per heavy atom. The van der Waals surface area contributed by atoms with E-state index in [4.69, 9.17) is 0 Å². The molecule has 0 radical (unpaired) electrons. The SMILES string of the molecule is O=C(C1CNC1)N1CCC(O)C(CC2CC2)C1. The van der Waals surface area contributed by atoms with Crippen LogP contribution in [0.2, 0.25) is 0 Å². The van der Waals surface area contributed by atoms with Gasteiger partial charge in [0.25, 0.3) is 0 Å². The number of likely N-dealkylation sites (tertiary alicyclic amines) is 1. The van der Waals surface area contributed by atoms with Gasteiger partial charge in [-0.2, -0.15) is 0 Å². The minimum Gasteiger partial charge on any atom is -0.393 e. The average molecular weight is 238 g/mol. The molecule has 2 atom stereocenters. The van der Waals surface area contributed by atoms with Crippen molar-refractivity contribution < 1.29 is 9.90 Å². The Labute approximate surface area is 102 Å². The Hall–Kier alpha value is -0.610. The fourth-order valence-corrected chi connectivity index (χ4v) is 2.95. The van der Waals surface area contributed by atoms with Crippen molar-refractivity contribution in [2.45, 2.75) is 31.8 Å². The average Bonchev–Trinajstić information content (AvgIpc) is 3.02. The summed E-state index contributed by atoms with van der Waals surface area (Å²) in [7, 11) is 0. The number of carbonyl (C=O) groups excluding carboxylic acids is 1. The normalized spacial score (nSPS) is 34.5. The van der Waals surface area contributed by atoms with Crippen LogP contribution in [0.15, 0.2) is 0 Å². The maximum Gasteiger partial charge on any atom is 0.228 e. The Bertz CT molecular complexity index is 300. The number of carbonyl (C=O) groups is 1. The van der Waals surface area contributed by atoms with Crippen LogP contribution in [0.4, 0.5) is 0 Å². The third-order valence-corrected chi connectivity index (χ3v) is 4.47. The molecule has 2 saturated heterocycles. The van der Waals surface area contributed by atoms with Gasteiger partial charge < -0.3 is 15.3 Å². The molecule has 2 unspecified atom stereocenters. The van der Waals surface area contributed by atoms with Gasteiger partial charge in [-0.25, -0.2) is 0 Å². The van der Waals surface area contributed by atoms with Gasteiger partial charge >= 0.3 is 0 Å². The molecule has 0 spiro atoms. The second-order valence-electron chi connectivity index (χ2n) is 5.93. The lowest BCUT2D eigenvalue weighted by Crippen LogP contribution is -2.55. The summed E-state index contributed by atoms with van der Waals surface area (Å²) in [6, 6.07) is 0. The van der Waals surface area contributed by atoms with Crippen LogP contribution in [0.3, 0.4) is 0 Å². The second-order valence-corrected chi connectivity index (χ2v) is 5.93. The Morgan fingerprint density at radius 1 is 1.29 bits per heavy atom. The van der Waals surface area contributed by atoms with Gasteiger partial charge in [0.2, 0.25) is 5.91 Å². The van der Waals surface area contributed by atoms with Crippen molar-refractivity contribution in [2.24, 2.45) is 17.8 Å². The highest BCUT2D eigenvalue weighted by molar-refractivity contribution is 5.80. The fraction of sp³-hybridized carbons (Fsp3) is 0.923. The first-order valence-electron chi connectivity index (χ1n) is 6.91. The Morgan fingerprint density at radius 2 is 2.06 bits per heavy atom. The van der Waals surface area contributed by atoms with E-state index in [1.165, 1.54) is 12.8 Å². The van der Waals surface area contributed by atoms with Gasteiger partial charge in [0.15, 0.2) is 0 Å². The van der Waals surface area contributed by atoms with E-state index < -0.39 is 0 Å². The lowest BCUT2D eigenvalue weighted by atomic mass is 9.88. The van der Waals surface area contributed by atoms with Gasteiger partial charge in [0.1, 0.15) is 0 Å². The van der Waals surface area contributed by atoms with E-state index in [1.54, 1.807) is 0 Å². The van der Waals surface area contributed by atoms with E-state index in [0.29, 0.717) is 11.8 Å². The van der Waals surface area contributed by atoms with Crippen molar-refractivity contribution in [3.8, 4) is 0 Å². The number of amides is 1. The minimum atomic E-state index is -0.181. The summed E-state index contributed by atoms with van der Waals surface area (Å²) in [6.07, 6.45) is 4.35. The maximum absolute atomic E-state index is 12.1. The summed E-state index contributed by atoms with van der Waals surface area (Å²) >= 11 is 0. The van der Waals surface area contributed by atoms with Gasteiger partial charge in [-0.1, -0.05) is 12.8 Å². The van der Waals surface area contributed by atoms with E-state index in [0.717, 1.165) is 44.9 Å². The molecule has 0 bridgehead atoms. The molecule has 2 heterocycles. The minimum absolute atomic E-state index is 0.181. The summed E-state index contributed by atoms with van der Waals surface area (Å²) < 4.78 is 0. The standard InChI is InChI=1S/C13H22N2O2/c16-12-3-4-15(13(17)11-6-14-7-11)8-10(12)5-9-1-2-9/h9-12,14,16H,1-8H2. The molecule has 2 N–H and O–H groups in total. The van der Waals surface area contributed by atoms with Crippen molar-refractivity contribution >= 4 is 5.91 Å². The van der Waals surface area contributed by atoms with Gasteiger partial charge in [-0.05, 0) is 18.8 Å². The van der Waals surface area contributed by atoms with E-state index >= 15 is 0 Å². The first-order valence-corrected chi connectivity index (χ1v) is 6.91. The summed E-state index contributed by atoms with van der Waals surface area (Å²) in [6.45, 7) is 3.21. The van der Waals surface area contributed by atoms with Crippen molar-refractivity contribution in [1.82, 2.24) is 10.2 Å². The summed E-state index contributed by atoms with van der Waals surface area (Å²) in [5.74, 6) is 1.66. The summed E-state index contributed by atoms with van der Waals surface area (Å²) in [5.41, 5.74) is 0. The Balaban J connectivity index is 1.56. The smallest absolute Gasteiger partial charge is 0.228 e. The second kappa shape index (κ2) is 4.58. The molecule has 0 aromatic heterocycles. The molecule has 17 heavy (non-hydrogen) atoms. The molecule has 4 heteroatoms. The van der Waals surface area contributed by atoms with Crippen LogP contribution in [0.1, 0.15) is 25.7 Å². The molecule has 0 aromatic rings. The van der Waals surface area contributed by atoms with Gasteiger partial charge in [-0.15, -0.1) is 0 Å². The quantitative estimate of drug-likeness (QED) is 0.739. The highest BCUT2D eigenvalue weighted by Crippen LogP contribution is 2.38. The number of nitrogens with zero attached hydrogens (tertiary/aromatic N) is 1. The van der Waals surface area contributed by atoms with Crippen LogP contribution in [-0.4, -0.2) is 48.2 Å². The number of hydrogen-bond donors (Lipinski definition) is 2. The zero-order chi connectivity index (χ0) is 11.8. The zero-order valence-corrected chi connectivity index (χ0v) is 10.3. The van der Waals surface area contributed by atoms with Crippen LogP contribution in [0.25, 0.3) is 0 Å². The van der Waals surface area contributed by atoms with Crippen molar-refractivity contribution in [3.63, 3.8) is 0 Å². The fourth-order valence-electron chi connectivity index (χ4n) is 2.95. The molecule has 0 aromatic carbocycles. The van der Waals surface area contributed by atoms with E-state index in [-0.39, 0.29) is 12.0 Å². The third kappa shape index (κ3) is 2.47. The highest BCUT2D eigenvalue weighted by Gasteiger charge is 2.37. The van der Waals surface area contributed by atoms with Crippen molar-refractivity contribution in [2.75, 3.05) is 26.2 Å². The number of rotatable bonds is 3. The molecule has 3 fully saturated rings. The number of piperidine rings is 1. The number of aliphatic hydroxyl groups excluding tert-OH is 1. The van der Waals surface area contributed by atoms with Crippen LogP contribution in [0.5, 0.6) is 0 Å². The lowest BCUT2D eigenvalue weighted by molar-refractivity contribution is -0.141. The molecule has 1 aliphatic carbocycles. The lowest BCUT2D eigenvalue weighted by Gasteiger charge is -2.39. The molecule has 4 nitrogen and oxygen atoms in total. The van der Waals surface area contributed by atoms with Crippen molar-refractivity contribution in [3.05, 3.63) is 0 Å². The predicted molar refractivity (Wildman–Crippen MR) is 64.4 cm³/mol. The number of nitrogens with one attached hydrogen (secondary N) is 1. The monoisotopic (exact) mass is 238 g/mol. The van der Waals surface area contributed by atoms with Gasteiger partial charge in [-0.3, -0.25) is 4.79 Å². The highest BCUT2D eigenvalue weighted by atomic mass is 16.3. The van der Waals surface area contributed by atoms with E-state index in [1.807, 2.05) is 4.90 Å². The van der Waals surface area contributed by atoms with Crippen LogP contribution in [-0.2, 0) is 4.79 Å². The first-order chi connectivity index (χ1) is 8.24. The topological polar surface area (TPSA) is 52.6 Å². The van der Waals surface area contributed by atoms with Gasteiger partial charge in [0, 0.05) is 32.1 Å². The van der Waals surface area contributed by atoms with E-state index in [9.17, 15) is 9.90 Å². The van der Waals surface area contributed by atoms with Gasteiger partial charge in [0.05, 0.1) is 12.0 Å². The molecular weight excluding hydrogens is 216 g/mol. The number of hydrogen-bond acceptors (Lipinski definition) is 3. The first kappa shape index (κ1) is 11.5. The zero-order valence-electron chi connectivity index (χ0n) is 10.3. The Kier molecular flexibility index (Phi) is 3.09. The van der Waals surface area contributed by atoms with Crippen LogP contribution in [0, 0.1) is 17.8 Å². The predicted octanol–water partition coefficient (Wildman–Crippen LogP) is 0.215. The molecular formula is C13H22N2O2.